The molecule has 0 bridgehead atoms. The van der Waals surface area contributed by atoms with Crippen LogP contribution in [0.4, 0.5) is 0 Å². The van der Waals surface area contributed by atoms with E-state index < -0.39 is 18.8 Å². The molecule has 2 heteroatoms. The van der Waals surface area contributed by atoms with E-state index in [9.17, 15) is 0 Å². The first-order valence-corrected chi connectivity index (χ1v) is 14.4. The molecular weight excluding hydrogens is 382 g/mol. The molecule has 0 amide bonds. The van der Waals surface area contributed by atoms with Gasteiger partial charge in [-0.15, -0.1) is 0 Å². The van der Waals surface area contributed by atoms with Gasteiger partial charge in [0.1, 0.15) is 0 Å². The van der Waals surface area contributed by atoms with Gasteiger partial charge in [0.15, 0.2) is 0 Å². The van der Waals surface area contributed by atoms with Crippen LogP contribution in [0.1, 0.15) is 59.3 Å². The van der Waals surface area contributed by atoms with Crippen molar-refractivity contribution in [2.45, 2.75) is 76.8 Å². The van der Waals surface area contributed by atoms with Crippen molar-refractivity contribution >= 4 is 18.8 Å². The zero-order chi connectivity index (χ0) is 12.3. The van der Waals surface area contributed by atoms with E-state index in [1.54, 1.807) is 13.1 Å². The molecular formula is C15H32BrSb. The Morgan fingerprint density at radius 1 is 0.824 bits per heavy atom. The van der Waals surface area contributed by atoms with Gasteiger partial charge < -0.3 is 17.0 Å². The Bertz CT molecular complexity index is 147. The van der Waals surface area contributed by atoms with Crippen molar-refractivity contribution in [3.05, 3.63) is 12.7 Å². The Kier molecular flexibility index (Phi) is 16.1. The van der Waals surface area contributed by atoms with Crippen LogP contribution in [-0.2, 0) is 0 Å². The fourth-order valence-corrected chi connectivity index (χ4v) is 15.9. The van der Waals surface area contributed by atoms with Crippen molar-refractivity contribution in [2.75, 3.05) is 0 Å². The minimum absolute atomic E-state index is 0. The minimum atomic E-state index is -1.66. The normalized spacial score (nSPS) is 11.0. The molecule has 0 unspecified atom stereocenters. The average molecular weight is 414 g/mol. The molecule has 104 valence electrons. The van der Waals surface area contributed by atoms with E-state index in [1.165, 1.54) is 42.9 Å². The molecule has 0 atom stereocenters. The standard InChI is InChI=1S/3C4H9.C3H5.BrH.Sb/c3*1-3-4-2;1-3-2;;/h3*1,3-4H2,2H3;3H,1-2H2;1H;/q;;;;;+1/p-1. The number of hydrogen-bond donors (Lipinski definition) is 0. The second-order valence-corrected chi connectivity index (χ2v) is 17.6. The molecule has 0 saturated carbocycles. The number of unbranched alkanes of at least 4 members (excludes halogenated alkanes) is 3. The first-order chi connectivity index (χ1) is 7.74. The SMILES string of the molecule is C=C[CH2][Sb+]([CH2]CCC)([CH2]CCC)[CH2]CCC.[Br-]. The Balaban J connectivity index is 0. The molecule has 0 heterocycles. The quantitative estimate of drug-likeness (QED) is 0.361. The van der Waals surface area contributed by atoms with Gasteiger partial charge in [-0.3, -0.25) is 0 Å². The molecule has 0 fully saturated rings. The predicted molar refractivity (Wildman–Crippen MR) is 79.9 cm³/mol. The topological polar surface area (TPSA) is 0 Å². The molecule has 0 aliphatic rings. The summed E-state index contributed by atoms with van der Waals surface area (Å²) < 4.78 is 6.27. The van der Waals surface area contributed by atoms with Crippen LogP contribution in [0.15, 0.2) is 12.7 Å². The molecule has 0 nitrogen and oxygen atoms in total. The van der Waals surface area contributed by atoms with Crippen LogP contribution in [0.2, 0.25) is 17.5 Å². The average Bonchev–Trinajstić information content (AvgIpc) is 2.31. The summed E-state index contributed by atoms with van der Waals surface area (Å²) in [5.41, 5.74) is 0. The molecule has 0 aromatic carbocycles. The van der Waals surface area contributed by atoms with Crippen LogP contribution in [0, 0.1) is 0 Å². The molecule has 0 rings (SSSR count). The summed E-state index contributed by atoms with van der Waals surface area (Å²) in [4.78, 5) is 0. The van der Waals surface area contributed by atoms with Gasteiger partial charge >= 0.3 is 108 Å². The smallest absolute Gasteiger partial charge is 1.00 e. The van der Waals surface area contributed by atoms with Crippen molar-refractivity contribution < 1.29 is 17.0 Å². The van der Waals surface area contributed by atoms with E-state index in [4.69, 9.17) is 0 Å². The van der Waals surface area contributed by atoms with E-state index >= 15 is 0 Å². The van der Waals surface area contributed by atoms with E-state index in [2.05, 4.69) is 33.4 Å². The van der Waals surface area contributed by atoms with Gasteiger partial charge in [-0.25, -0.2) is 0 Å². The van der Waals surface area contributed by atoms with E-state index in [-0.39, 0.29) is 17.0 Å². The number of hydrogen-bond acceptors (Lipinski definition) is 0. The van der Waals surface area contributed by atoms with Crippen LogP contribution >= 0.6 is 0 Å². The Hall–Kier alpha value is 1.04. The zero-order valence-electron chi connectivity index (χ0n) is 12.2. The van der Waals surface area contributed by atoms with Crippen LogP contribution < -0.4 is 17.0 Å². The molecule has 0 aromatic heterocycles. The fourth-order valence-electron chi connectivity index (χ4n) is 2.36. The maximum Gasteiger partial charge on any atom is -1.00 e. The monoisotopic (exact) mass is 412 g/mol. The Morgan fingerprint density at radius 2 is 1.18 bits per heavy atom. The molecule has 17 heavy (non-hydrogen) atoms. The van der Waals surface area contributed by atoms with E-state index in [0.717, 1.165) is 0 Å². The first-order valence-electron chi connectivity index (χ1n) is 7.20. The van der Waals surface area contributed by atoms with Gasteiger partial charge in [0, 0.05) is 0 Å². The molecule has 0 spiro atoms. The minimum Gasteiger partial charge on any atom is -1.00 e. The van der Waals surface area contributed by atoms with E-state index in [0.29, 0.717) is 0 Å². The van der Waals surface area contributed by atoms with Gasteiger partial charge in [-0.2, -0.15) is 0 Å². The largest absolute Gasteiger partial charge is 1.00 e. The van der Waals surface area contributed by atoms with Gasteiger partial charge in [0.25, 0.3) is 0 Å². The summed E-state index contributed by atoms with van der Waals surface area (Å²) in [7, 11) is 0. The van der Waals surface area contributed by atoms with Crippen molar-refractivity contribution in [1.29, 1.82) is 0 Å². The summed E-state index contributed by atoms with van der Waals surface area (Å²) in [6.45, 7) is 11.0. The summed E-state index contributed by atoms with van der Waals surface area (Å²) in [6.07, 6.45) is 10.8. The maximum absolute atomic E-state index is 4.02. The van der Waals surface area contributed by atoms with Crippen LogP contribution in [0.5, 0.6) is 0 Å². The van der Waals surface area contributed by atoms with Crippen molar-refractivity contribution in [3.63, 3.8) is 0 Å². The molecule has 0 radical (unpaired) electrons. The number of allylic oxidation sites excluding steroid dienone is 1. The Morgan fingerprint density at radius 3 is 1.41 bits per heavy atom. The number of halogens is 1. The van der Waals surface area contributed by atoms with Crippen molar-refractivity contribution in [2.24, 2.45) is 0 Å². The van der Waals surface area contributed by atoms with Crippen LogP contribution in [0.3, 0.4) is 0 Å². The molecule has 0 N–H and O–H groups in total. The summed E-state index contributed by atoms with van der Waals surface area (Å²) in [6, 6.07) is 0. The third-order valence-corrected chi connectivity index (χ3v) is 17.3. The molecule has 0 aliphatic heterocycles. The molecule has 0 aliphatic carbocycles. The maximum atomic E-state index is 4.02. The van der Waals surface area contributed by atoms with Gasteiger partial charge in [0.2, 0.25) is 0 Å². The van der Waals surface area contributed by atoms with Crippen molar-refractivity contribution in [3.8, 4) is 0 Å². The van der Waals surface area contributed by atoms with Crippen LogP contribution in [-0.4, -0.2) is 18.8 Å². The van der Waals surface area contributed by atoms with E-state index in [1.807, 2.05) is 0 Å². The summed E-state index contributed by atoms with van der Waals surface area (Å²) in [5, 5.41) is 0. The third-order valence-electron chi connectivity index (χ3n) is 3.47. The summed E-state index contributed by atoms with van der Waals surface area (Å²) >= 11 is -1.66. The van der Waals surface area contributed by atoms with Crippen molar-refractivity contribution in [1.82, 2.24) is 0 Å². The zero-order valence-corrected chi connectivity index (χ0v) is 16.3. The second kappa shape index (κ2) is 13.5. The Labute approximate surface area is 124 Å². The van der Waals surface area contributed by atoms with Gasteiger partial charge in [-0.05, 0) is 0 Å². The first kappa shape index (κ1) is 20.4. The second-order valence-electron chi connectivity index (χ2n) is 5.04. The van der Waals surface area contributed by atoms with Gasteiger partial charge in [-0.1, -0.05) is 0 Å². The predicted octanol–water partition coefficient (Wildman–Crippen LogP) is 3.03. The van der Waals surface area contributed by atoms with Crippen LogP contribution in [0.25, 0.3) is 0 Å². The summed E-state index contributed by atoms with van der Waals surface area (Å²) in [5.74, 6) is 0. The third kappa shape index (κ3) is 9.60. The van der Waals surface area contributed by atoms with Gasteiger partial charge in [0.05, 0.1) is 0 Å². The molecule has 0 aromatic rings. The molecule has 0 saturated heterocycles. The fraction of sp³-hybridized carbons (Fsp3) is 0.867. The number of rotatable bonds is 11.